The van der Waals surface area contributed by atoms with Crippen LogP contribution in [-0.2, 0) is 13.1 Å². The Bertz CT molecular complexity index is 350. The minimum Gasteiger partial charge on any atom is -0.292 e. The van der Waals surface area contributed by atoms with Gasteiger partial charge in [0.25, 0.3) is 0 Å². The molecule has 88 valence electrons. The lowest BCUT2D eigenvalue weighted by Gasteiger charge is -2.24. The van der Waals surface area contributed by atoms with E-state index in [1.165, 1.54) is 0 Å². The van der Waals surface area contributed by atoms with Crippen molar-refractivity contribution in [3.8, 4) is 6.07 Å². The maximum Gasteiger partial charge on any atom is 0.141 e. The first-order chi connectivity index (χ1) is 7.69. The fourth-order valence-electron chi connectivity index (χ4n) is 1.57. The normalized spacial score (nSPS) is 11.0. The van der Waals surface area contributed by atoms with Crippen molar-refractivity contribution in [3.63, 3.8) is 0 Å². The highest BCUT2D eigenvalue weighted by Gasteiger charge is 2.13. The van der Waals surface area contributed by atoms with Crippen molar-refractivity contribution in [1.29, 1.82) is 5.26 Å². The third kappa shape index (κ3) is 3.31. The molecule has 16 heavy (non-hydrogen) atoms. The van der Waals surface area contributed by atoms with Crippen LogP contribution in [0.3, 0.4) is 0 Å². The van der Waals surface area contributed by atoms with Gasteiger partial charge in [-0.1, -0.05) is 0 Å². The summed E-state index contributed by atoms with van der Waals surface area (Å²) in [7, 11) is 0. The van der Waals surface area contributed by atoms with Gasteiger partial charge in [0.05, 0.1) is 12.6 Å². The molecular weight excluding hydrogens is 202 g/mol. The molecule has 1 aromatic rings. The van der Waals surface area contributed by atoms with Gasteiger partial charge in [0.15, 0.2) is 0 Å². The minimum absolute atomic E-state index is 0.412. The first-order valence-electron chi connectivity index (χ1n) is 5.66. The van der Waals surface area contributed by atoms with Gasteiger partial charge >= 0.3 is 0 Å². The first-order valence-corrected chi connectivity index (χ1v) is 5.66. The summed E-state index contributed by atoms with van der Waals surface area (Å²) in [5, 5.41) is 12.8. The molecule has 0 spiro atoms. The number of nitrogens with zero attached hydrogens (tertiary/aromatic N) is 5. The van der Waals surface area contributed by atoms with Crippen LogP contribution in [0, 0.1) is 11.3 Å². The van der Waals surface area contributed by atoms with Gasteiger partial charge in [0.2, 0.25) is 0 Å². The maximum absolute atomic E-state index is 8.61. The molecule has 0 aromatic carbocycles. The lowest BCUT2D eigenvalue weighted by Crippen LogP contribution is -2.32. The van der Waals surface area contributed by atoms with Crippen molar-refractivity contribution >= 4 is 0 Å². The van der Waals surface area contributed by atoms with E-state index in [1.807, 2.05) is 11.6 Å². The summed E-state index contributed by atoms with van der Waals surface area (Å²) in [4.78, 5) is 6.48. The zero-order chi connectivity index (χ0) is 12.0. The highest BCUT2D eigenvalue weighted by atomic mass is 15.3. The average molecular weight is 221 g/mol. The van der Waals surface area contributed by atoms with Gasteiger partial charge in [-0.15, -0.1) is 0 Å². The molecule has 0 N–H and O–H groups in total. The number of hydrogen-bond donors (Lipinski definition) is 0. The molecule has 5 heteroatoms. The van der Waals surface area contributed by atoms with E-state index in [1.54, 1.807) is 6.33 Å². The number of hydrogen-bond acceptors (Lipinski definition) is 4. The molecule has 5 nitrogen and oxygen atoms in total. The SMILES string of the molecule is CCn1ncnc1CN(CCC#N)C(C)C. The summed E-state index contributed by atoms with van der Waals surface area (Å²) in [5.41, 5.74) is 0. The van der Waals surface area contributed by atoms with Crippen LogP contribution in [-0.4, -0.2) is 32.3 Å². The molecule has 0 aliphatic carbocycles. The Morgan fingerprint density at radius 3 is 2.88 bits per heavy atom. The third-order valence-electron chi connectivity index (χ3n) is 2.58. The maximum atomic E-state index is 8.61. The van der Waals surface area contributed by atoms with Gasteiger partial charge in [-0.25, -0.2) is 9.67 Å². The van der Waals surface area contributed by atoms with Crippen LogP contribution < -0.4 is 0 Å². The predicted octanol–water partition coefficient (Wildman–Crippen LogP) is 1.42. The number of rotatable bonds is 6. The molecule has 1 heterocycles. The highest BCUT2D eigenvalue weighted by Crippen LogP contribution is 2.06. The van der Waals surface area contributed by atoms with Crippen molar-refractivity contribution in [2.45, 2.75) is 46.3 Å². The van der Waals surface area contributed by atoms with Crippen LogP contribution in [0.4, 0.5) is 0 Å². The second-order valence-corrected chi connectivity index (χ2v) is 3.96. The fourth-order valence-corrected chi connectivity index (χ4v) is 1.57. The molecule has 0 saturated carbocycles. The number of aromatic nitrogens is 3. The van der Waals surface area contributed by atoms with Gasteiger partial charge in [-0.3, -0.25) is 4.90 Å². The summed E-state index contributed by atoms with van der Waals surface area (Å²) in [6.45, 7) is 8.68. The zero-order valence-corrected chi connectivity index (χ0v) is 10.2. The van der Waals surface area contributed by atoms with Crippen LogP contribution in [0.25, 0.3) is 0 Å². The summed E-state index contributed by atoms with van der Waals surface area (Å²) in [5.74, 6) is 0.967. The van der Waals surface area contributed by atoms with Gasteiger partial charge in [0.1, 0.15) is 12.2 Å². The van der Waals surface area contributed by atoms with Crippen molar-refractivity contribution in [1.82, 2.24) is 19.7 Å². The van der Waals surface area contributed by atoms with E-state index >= 15 is 0 Å². The van der Waals surface area contributed by atoms with E-state index < -0.39 is 0 Å². The molecule has 0 atom stereocenters. The van der Waals surface area contributed by atoms with Crippen LogP contribution in [0.5, 0.6) is 0 Å². The molecule has 0 amide bonds. The lowest BCUT2D eigenvalue weighted by molar-refractivity contribution is 0.208. The van der Waals surface area contributed by atoms with Gasteiger partial charge < -0.3 is 0 Å². The highest BCUT2D eigenvalue weighted by molar-refractivity contribution is 4.86. The minimum atomic E-state index is 0.412. The Labute approximate surface area is 96.7 Å². The second-order valence-electron chi connectivity index (χ2n) is 3.96. The van der Waals surface area contributed by atoms with E-state index in [9.17, 15) is 0 Å². The molecule has 1 aromatic heterocycles. The first kappa shape index (κ1) is 12.7. The molecule has 0 unspecified atom stereocenters. The average Bonchev–Trinajstić information content (AvgIpc) is 2.70. The standard InChI is InChI=1S/C11H19N5/c1-4-16-11(13-9-14-16)8-15(10(2)3)7-5-6-12/h9-10H,4-5,7-8H2,1-3H3. The summed E-state index contributed by atoms with van der Waals surface area (Å²) in [6, 6.07) is 2.59. The molecule has 0 aliphatic heterocycles. The van der Waals surface area contributed by atoms with Crippen LogP contribution in [0.15, 0.2) is 6.33 Å². The van der Waals surface area contributed by atoms with Crippen molar-refractivity contribution in [2.75, 3.05) is 6.54 Å². The third-order valence-corrected chi connectivity index (χ3v) is 2.58. The Hall–Kier alpha value is -1.41. The van der Waals surface area contributed by atoms with E-state index in [0.717, 1.165) is 25.5 Å². The second kappa shape index (κ2) is 6.23. The predicted molar refractivity (Wildman–Crippen MR) is 61.5 cm³/mol. The van der Waals surface area contributed by atoms with Gasteiger partial charge in [0, 0.05) is 25.6 Å². The van der Waals surface area contributed by atoms with Crippen LogP contribution in [0.1, 0.15) is 33.0 Å². The van der Waals surface area contributed by atoms with E-state index in [4.69, 9.17) is 5.26 Å². The fraction of sp³-hybridized carbons (Fsp3) is 0.727. The molecule has 0 radical (unpaired) electrons. The summed E-state index contributed by atoms with van der Waals surface area (Å²) in [6.07, 6.45) is 2.14. The molecule has 0 saturated heterocycles. The molecule has 0 aliphatic rings. The van der Waals surface area contributed by atoms with Crippen molar-refractivity contribution < 1.29 is 0 Å². The molecular formula is C11H19N5. The lowest BCUT2D eigenvalue weighted by atomic mass is 10.3. The monoisotopic (exact) mass is 221 g/mol. The van der Waals surface area contributed by atoms with Gasteiger partial charge in [-0.2, -0.15) is 10.4 Å². The smallest absolute Gasteiger partial charge is 0.141 e. The Morgan fingerprint density at radius 1 is 1.56 bits per heavy atom. The Kier molecular flexibility index (Phi) is 4.93. The quantitative estimate of drug-likeness (QED) is 0.729. The van der Waals surface area contributed by atoms with E-state index in [2.05, 4.69) is 34.9 Å². The molecule has 1 rings (SSSR count). The van der Waals surface area contributed by atoms with Gasteiger partial charge in [-0.05, 0) is 20.8 Å². The number of aryl methyl sites for hydroxylation is 1. The Morgan fingerprint density at radius 2 is 2.31 bits per heavy atom. The number of nitriles is 1. The van der Waals surface area contributed by atoms with E-state index in [0.29, 0.717) is 12.5 Å². The molecule has 0 fully saturated rings. The van der Waals surface area contributed by atoms with Crippen molar-refractivity contribution in [2.24, 2.45) is 0 Å². The van der Waals surface area contributed by atoms with E-state index in [-0.39, 0.29) is 0 Å². The molecule has 0 bridgehead atoms. The zero-order valence-electron chi connectivity index (χ0n) is 10.2. The summed E-state index contributed by atoms with van der Waals surface area (Å²) >= 11 is 0. The topological polar surface area (TPSA) is 57.7 Å². The Balaban J connectivity index is 2.64. The van der Waals surface area contributed by atoms with Crippen LogP contribution in [0.2, 0.25) is 0 Å². The van der Waals surface area contributed by atoms with Crippen molar-refractivity contribution in [3.05, 3.63) is 12.2 Å². The summed E-state index contributed by atoms with van der Waals surface area (Å²) < 4.78 is 1.89. The van der Waals surface area contributed by atoms with Crippen LogP contribution >= 0.6 is 0 Å². The largest absolute Gasteiger partial charge is 0.292 e.